The number of anilines is 2. The predicted octanol–water partition coefficient (Wildman–Crippen LogP) is 7.69. The van der Waals surface area contributed by atoms with E-state index in [4.69, 9.17) is 51.6 Å². The Labute approximate surface area is 379 Å². The lowest BCUT2D eigenvalue weighted by Gasteiger charge is -2.25. The highest BCUT2D eigenvalue weighted by atomic mass is 35.5. The third-order valence-corrected chi connectivity index (χ3v) is 9.84. The van der Waals surface area contributed by atoms with E-state index in [2.05, 4.69) is 10.6 Å². The zero-order valence-electron chi connectivity index (χ0n) is 34.5. The van der Waals surface area contributed by atoms with Crippen molar-refractivity contribution < 1.29 is 57.2 Å². The lowest BCUT2D eigenvalue weighted by molar-refractivity contribution is -0.122. The molecule has 0 saturated heterocycles. The van der Waals surface area contributed by atoms with Gasteiger partial charge in [-0.25, -0.2) is 0 Å². The number of ether oxygens (including phenoxy) is 6. The minimum absolute atomic E-state index is 0.0235. The normalized spacial score (nSPS) is 11.5. The van der Waals surface area contributed by atoms with Crippen molar-refractivity contribution in [3.63, 3.8) is 0 Å². The van der Waals surface area contributed by atoms with Crippen LogP contribution in [0.3, 0.4) is 0 Å². The Balaban J connectivity index is 0.922. The van der Waals surface area contributed by atoms with Crippen LogP contribution in [0.4, 0.5) is 11.4 Å². The van der Waals surface area contributed by atoms with Crippen LogP contribution in [0, 0.1) is 0 Å². The summed E-state index contributed by atoms with van der Waals surface area (Å²) < 4.78 is 32.3. The molecule has 0 bridgehead atoms. The number of rotatable bonds is 26. The van der Waals surface area contributed by atoms with Gasteiger partial charge in [-0.3, -0.25) is 28.8 Å². The van der Waals surface area contributed by atoms with Gasteiger partial charge >= 0.3 is 0 Å². The second kappa shape index (κ2) is 24.0. The molecule has 6 rings (SSSR count). The molecule has 0 heterocycles. The molecule has 332 valence electrons. The number of fused-ring (bicyclic) bond motifs is 1. The van der Waals surface area contributed by atoms with E-state index in [1.807, 2.05) is 24.3 Å². The molecule has 0 aliphatic heterocycles. The number of Topliss-reactive ketones (excluding diaryl/α,β-unsaturated/α-hetero) is 2. The predicted molar refractivity (Wildman–Crippen MR) is 238 cm³/mol. The van der Waals surface area contributed by atoms with E-state index in [9.17, 15) is 28.8 Å². The van der Waals surface area contributed by atoms with E-state index in [0.717, 1.165) is 35.1 Å². The van der Waals surface area contributed by atoms with Crippen LogP contribution in [0.25, 0.3) is 0 Å². The monoisotopic (exact) mass is 910 g/mol. The largest absolute Gasteiger partial charge is 0.457 e. The minimum Gasteiger partial charge on any atom is -0.457 e. The van der Waals surface area contributed by atoms with Crippen LogP contribution >= 0.6 is 23.2 Å². The highest BCUT2D eigenvalue weighted by Gasteiger charge is 2.27. The first kappa shape index (κ1) is 47.2. The molecule has 0 fully saturated rings. The number of hydrogen-bond donors (Lipinski definition) is 2. The molecule has 5 aromatic carbocycles. The van der Waals surface area contributed by atoms with E-state index < -0.39 is 10.5 Å². The Bertz CT molecular complexity index is 2250. The van der Waals surface area contributed by atoms with Crippen LogP contribution < -0.4 is 20.1 Å². The summed E-state index contributed by atoms with van der Waals surface area (Å²) in [5.41, 5.74) is 5.90. The Morgan fingerprint density at radius 3 is 1.05 bits per heavy atom. The van der Waals surface area contributed by atoms with Crippen LogP contribution in [0.1, 0.15) is 43.0 Å². The van der Waals surface area contributed by atoms with Gasteiger partial charge in [0.2, 0.25) is 22.3 Å². The maximum absolute atomic E-state index is 13.5. The average molecular weight is 912 g/mol. The van der Waals surface area contributed by atoms with Gasteiger partial charge in [0.05, 0.1) is 26.4 Å². The number of carbonyl (C=O) groups excluding carboxylic acids is 6. The highest BCUT2D eigenvalue weighted by molar-refractivity contribution is 6.64. The molecule has 1 aliphatic carbocycles. The molecular formula is C48H44Cl2N2O12. The minimum atomic E-state index is -0.606. The number of halogens is 2. The molecule has 0 aromatic heterocycles. The van der Waals surface area contributed by atoms with Gasteiger partial charge in [-0.15, -0.1) is 0 Å². The Hall–Kier alpha value is -6.26. The summed E-state index contributed by atoms with van der Waals surface area (Å²) in [4.78, 5) is 72.5. The Kier molecular flexibility index (Phi) is 17.7. The van der Waals surface area contributed by atoms with Crippen molar-refractivity contribution in [2.45, 2.75) is 25.7 Å². The molecule has 1 aliphatic rings. The van der Waals surface area contributed by atoms with Crippen LogP contribution in [0.5, 0.6) is 23.0 Å². The van der Waals surface area contributed by atoms with Gasteiger partial charge < -0.3 is 39.1 Å². The van der Waals surface area contributed by atoms with Crippen molar-refractivity contribution in [2.75, 3.05) is 63.5 Å². The molecule has 16 heteroatoms. The highest BCUT2D eigenvalue weighted by Crippen LogP contribution is 2.33. The first-order valence-corrected chi connectivity index (χ1v) is 21.0. The molecule has 2 N–H and O–H groups in total. The van der Waals surface area contributed by atoms with Gasteiger partial charge in [-0.1, -0.05) is 36.4 Å². The Morgan fingerprint density at radius 2 is 0.734 bits per heavy atom. The molecule has 0 saturated carbocycles. The van der Waals surface area contributed by atoms with E-state index in [0.29, 0.717) is 45.5 Å². The van der Waals surface area contributed by atoms with E-state index in [1.165, 1.54) is 0 Å². The molecule has 0 spiro atoms. The zero-order chi connectivity index (χ0) is 45.3. The number of benzene rings is 5. The lowest BCUT2D eigenvalue weighted by atomic mass is 9.78. The standard InChI is InChI=1S/C48H44Cl2N2O12/c49-45(55)27-59-21-23-61-29-47(57)51-33-5-13-37(14-6-33)63-35-9-1-31(2-10-35)25-43(53)41-19-20-42(40-18-17-39(40)41)44(54)26-32-3-11-36(12-4-32)64-38-15-7-34(8-16-38)52-48(58)30-62-24-22-60-28-46(50)56/h1-16,19-20H,17-18,21-30H2,(H,51,57)(H,52,58). The number of ketones is 2. The molecule has 0 atom stereocenters. The van der Waals surface area contributed by atoms with Gasteiger partial charge in [-0.05, 0) is 131 Å². The molecule has 2 amide bonds. The molecule has 14 nitrogen and oxygen atoms in total. The smallest absolute Gasteiger partial charge is 0.250 e. The number of amides is 2. The van der Waals surface area contributed by atoms with Crippen molar-refractivity contribution in [1.82, 2.24) is 0 Å². The number of hydrogen-bond acceptors (Lipinski definition) is 12. The first-order valence-electron chi connectivity index (χ1n) is 20.2. The fourth-order valence-corrected chi connectivity index (χ4v) is 6.68. The zero-order valence-corrected chi connectivity index (χ0v) is 36.0. The molecule has 64 heavy (non-hydrogen) atoms. The summed E-state index contributed by atoms with van der Waals surface area (Å²) in [6.07, 6.45) is 1.86. The number of nitrogens with one attached hydrogen (secondary N) is 2. The Morgan fingerprint density at radius 1 is 0.422 bits per heavy atom. The van der Waals surface area contributed by atoms with Crippen LogP contribution in [-0.4, -0.2) is 86.7 Å². The SMILES string of the molecule is O=C(Cl)COCCOCC(=O)Nc1ccc(Oc2ccc(CC(=O)c3ccc(C(=O)Cc4ccc(Oc5ccc(NC(=O)COCCOCC(=O)Cl)cc5)cc4)c4c3CC4)cc2)cc1. The van der Waals surface area contributed by atoms with E-state index in [1.54, 1.807) is 84.9 Å². The van der Waals surface area contributed by atoms with Crippen LogP contribution in [0.15, 0.2) is 109 Å². The van der Waals surface area contributed by atoms with Crippen LogP contribution in [-0.2, 0) is 63.8 Å². The third-order valence-electron chi connectivity index (χ3n) is 9.62. The van der Waals surface area contributed by atoms with Gasteiger partial charge in [0.15, 0.2) is 11.6 Å². The second-order valence-corrected chi connectivity index (χ2v) is 15.2. The summed E-state index contributed by atoms with van der Waals surface area (Å²) in [6.45, 7) is -0.242. The number of carbonyl (C=O) groups is 6. The summed E-state index contributed by atoms with van der Waals surface area (Å²) in [5, 5.41) is 4.24. The summed E-state index contributed by atoms with van der Waals surface area (Å²) in [6, 6.07) is 31.7. The topological polar surface area (TPSA) is 182 Å². The lowest BCUT2D eigenvalue weighted by Crippen LogP contribution is -2.21. The van der Waals surface area contributed by atoms with Crippen LogP contribution in [0.2, 0.25) is 0 Å². The van der Waals surface area contributed by atoms with Crippen molar-refractivity contribution >= 4 is 68.4 Å². The van der Waals surface area contributed by atoms with Gasteiger partial charge in [0, 0.05) is 35.3 Å². The molecule has 5 aromatic rings. The van der Waals surface area contributed by atoms with Crippen molar-refractivity contribution in [3.05, 3.63) is 143 Å². The van der Waals surface area contributed by atoms with Gasteiger partial charge in [0.1, 0.15) is 49.4 Å². The van der Waals surface area contributed by atoms with Crippen molar-refractivity contribution in [2.24, 2.45) is 0 Å². The third kappa shape index (κ3) is 14.9. The van der Waals surface area contributed by atoms with Crippen molar-refractivity contribution in [1.29, 1.82) is 0 Å². The maximum atomic E-state index is 13.5. The summed E-state index contributed by atoms with van der Waals surface area (Å²) in [5.74, 6) is 1.53. The second-order valence-electron chi connectivity index (χ2n) is 14.4. The maximum Gasteiger partial charge on any atom is 0.250 e. The van der Waals surface area contributed by atoms with E-state index >= 15 is 0 Å². The fraction of sp³-hybridized carbons (Fsp3) is 0.250. The van der Waals surface area contributed by atoms with Gasteiger partial charge in [-0.2, -0.15) is 0 Å². The molecule has 0 unspecified atom stereocenters. The van der Waals surface area contributed by atoms with E-state index in [-0.39, 0.29) is 89.1 Å². The fourth-order valence-electron chi connectivity index (χ4n) is 6.52. The molecule has 0 radical (unpaired) electrons. The summed E-state index contributed by atoms with van der Waals surface area (Å²) >= 11 is 10.4. The average Bonchev–Trinajstić information content (AvgIpc) is 3.26. The summed E-state index contributed by atoms with van der Waals surface area (Å²) in [7, 11) is 0. The molecular weight excluding hydrogens is 867 g/mol. The van der Waals surface area contributed by atoms with Crippen molar-refractivity contribution in [3.8, 4) is 23.0 Å². The first-order chi connectivity index (χ1) is 31.0. The van der Waals surface area contributed by atoms with Gasteiger partial charge in [0.25, 0.3) is 0 Å². The quantitative estimate of drug-likeness (QED) is 0.0314.